The Bertz CT molecular complexity index is 197. The third kappa shape index (κ3) is 7.13. The van der Waals surface area contributed by atoms with E-state index in [1.165, 1.54) is 0 Å². The minimum absolute atomic E-state index is 0.743. The molecule has 0 aromatic rings. The highest BCUT2D eigenvalue weighted by atomic mass is 16.5. The first kappa shape index (κ1) is 11.8. The van der Waals surface area contributed by atoms with Gasteiger partial charge in [0.05, 0.1) is 0 Å². The van der Waals surface area contributed by atoms with Crippen LogP contribution in [0.15, 0.2) is 49.0 Å². The fourth-order valence-corrected chi connectivity index (χ4v) is 0.786. The van der Waals surface area contributed by atoms with Crippen LogP contribution in [-0.2, 0) is 4.74 Å². The Labute approximate surface area is 81.1 Å². The largest absolute Gasteiger partial charge is 0.467 e. The van der Waals surface area contributed by atoms with E-state index in [-0.39, 0.29) is 0 Å². The highest BCUT2D eigenvalue weighted by Gasteiger charge is 1.94. The van der Waals surface area contributed by atoms with Crippen LogP contribution in [0.3, 0.4) is 0 Å². The van der Waals surface area contributed by atoms with Crippen molar-refractivity contribution < 1.29 is 4.74 Å². The summed E-state index contributed by atoms with van der Waals surface area (Å²) in [6.45, 7) is 11.5. The van der Waals surface area contributed by atoms with Gasteiger partial charge in [-0.3, -0.25) is 0 Å². The molecule has 0 spiro atoms. The van der Waals surface area contributed by atoms with Crippen LogP contribution in [0.2, 0.25) is 0 Å². The van der Waals surface area contributed by atoms with Crippen molar-refractivity contribution in [1.82, 2.24) is 0 Å². The Morgan fingerprint density at radius 1 is 1.00 bits per heavy atom. The molecule has 0 fully saturated rings. The molecule has 0 amide bonds. The van der Waals surface area contributed by atoms with Gasteiger partial charge in [-0.15, -0.1) is 0 Å². The van der Waals surface area contributed by atoms with Crippen LogP contribution < -0.4 is 0 Å². The lowest BCUT2D eigenvalue weighted by molar-refractivity contribution is 0.296. The van der Waals surface area contributed by atoms with Crippen LogP contribution >= 0.6 is 0 Å². The van der Waals surface area contributed by atoms with Gasteiger partial charge in [0.1, 0.15) is 11.5 Å². The molecule has 0 aliphatic rings. The van der Waals surface area contributed by atoms with Gasteiger partial charge < -0.3 is 4.74 Å². The molecule has 0 aliphatic heterocycles. The molecule has 0 saturated heterocycles. The van der Waals surface area contributed by atoms with Crippen LogP contribution in [0.4, 0.5) is 0 Å². The zero-order valence-electron chi connectivity index (χ0n) is 8.55. The number of rotatable bonds is 6. The summed E-state index contributed by atoms with van der Waals surface area (Å²) in [4.78, 5) is 0. The van der Waals surface area contributed by atoms with Crippen LogP contribution in [0.1, 0.15) is 26.7 Å². The molecule has 0 heterocycles. The lowest BCUT2D eigenvalue weighted by Gasteiger charge is -2.07. The quantitative estimate of drug-likeness (QED) is 0.442. The number of hydrogen-bond acceptors (Lipinski definition) is 1. The lowest BCUT2D eigenvalue weighted by atomic mass is 10.3. The molecule has 0 unspecified atom stereocenters. The molecule has 13 heavy (non-hydrogen) atoms. The highest BCUT2D eigenvalue weighted by Crippen LogP contribution is 2.10. The van der Waals surface area contributed by atoms with Gasteiger partial charge in [-0.2, -0.15) is 0 Å². The Kier molecular flexibility index (Phi) is 6.70. The SMILES string of the molecule is C=C(C/C=C/C)OC(=C)C/C=C/C. The fraction of sp³-hybridized carbons (Fsp3) is 0.333. The molecule has 0 atom stereocenters. The molecule has 0 bridgehead atoms. The average Bonchev–Trinajstić information content (AvgIpc) is 2.11. The number of allylic oxidation sites excluding steroid dienone is 4. The molecule has 0 aliphatic carbocycles. The van der Waals surface area contributed by atoms with Crippen LogP contribution in [0.5, 0.6) is 0 Å². The molecule has 1 nitrogen and oxygen atoms in total. The van der Waals surface area contributed by atoms with E-state index in [4.69, 9.17) is 4.74 Å². The Morgan fingerprint density at radius 3 is 1.69 bits per heavy atom. The van der Waals surface area contributed by atoms with E-state index in [1.54, 1.807) is 0 Å². The van der Waals surface area contributed by atoms with Crippen molar-refractivity contribution >= 4 is 0 Å². The molecular weight excluding hydrogens is 160 g/mol. The summed E-state index contributed by atoms with van der Waals surface area (Å²) < 4.78 is 5.36. The van der Waals surface area contributed by atoms with Crippen LogP contribution in [0, 0.1) is 0 Å². The first-order valence-electron chi connectivity index (χ1n) is 4.46. The Morgan fingerprint density at radius 2 is 1.38 bits per heavy atom. The minimum Gasteiger partial charge on any atom is -0.467 e. The molecule has 0 radical (unpaired) electrons. The van der Waals surface area contributed by atoms with Crippen molar-refractivity contribution in [3.8, 4) is 0 Å². The Balaban J connectivity index is 3.71. The third-order valence-electron chi connectivity index (χ3n) is 1.45. The fourth-order valence-electron chi connectivity index (χ4n) is 0.786. The highest BCUT2D eigenvalue weighted by molar-refractivity contribution is 5.01. The second-order valence-corrected chi connectivity index (χ2v) is 2.73. The van der Waals surface area contributed by atoms with Gasteiger partial charge in [-0.25, -0.2) is 0 Å². The van der Waals surface area contributed by atoms with Crippen molar-refractivity contribution in [3.63, 3.8) is 0 Å². The molecule has 0 aromatic carbocycles. The molecule has 72 valence electrons. The van der Waals surface area contributed by atoms with Crippen molar-refractivity contribution in [2.24, 2.45) is 0 Å². The van der Waals surface area contributed by atoms with E-state index >= 15 is 0 Å². The topological polar surface area (TPSA) is 9.23 Å². The summed E-state index contributed by atoms with van der Waals surface area (Å²) in [7, 11) is 0. The smallest absolute Gasteiger partial charge is 0.100 e. The van der Waals surface area contributed by atoms with Gasteiger partial charge >= 0.3 is 0 Å². The summed E-state index contributed by atoms with van der Waals surface area (Å²) in [6.07, 6.45) is 9.47. The van der Waals surface area contributed by atoms with Crippen LogP contribution in [0.25, 0.3) is 0 Å². The average molecular weight is 178 g/mol. The zero-order valence-corrected chi connectivity index (χ0v) is 8.55. The zero-order chi connectivity index (χ0) is 10.1. The maximum atomic E-state index is 5.36. The van der Waals surface area contributed by atoms with E-state index in [0.717, 1.165) is 24.4 Å². The summed E-state index contributed by atoms with van der Waals surface area (Å²) in [5.74, 6) is 1.49. The number of ether oxygens (including phenoxy) is 1. The molecular formula is C12H18O. The van der Waals surface area contributed by atoms with Gasteiger partial charge in [0.2, 0.25) is 0 Å². The molecule has 0 rings (SSSR count). The van der Waals surface area contributed by atoms with Gasteiger partial charge in [-0.1, -0.05) is 37.5 Å². The number of hydrogen-bond donors (Lipinski definition) is 0. The van der Waals surface area contributed by atoms with Crippen molar-refractivity contribution in [2.45, 2.75) is 26.7 Å². The monoisotopic (exact) mass is 178 g/mol. The molecule has 1 heteroatoms. The second kappa shape index (κ2) is 7.41. The lowest BCUT2D eigenvalue weighted by Crippen LogP contribution is -1.88. The minimum atomic E-state index is 0.743. The molecule has 0 aromatic heterocycles. The maximum absolute atomic E-state index is 5.36. The molecule has 0 N–H and O–H groups in total. The summed E-state index contributed by atoms with van der Waals surface area (Å²) in [6, 6.07) is 0. The Hall–Kier alpha value is -1.24. The standard InChI is InChI=1S/C12H18O/c1-5-7-9-11(3)13-12(4)10-8-6-2/h5-8H,3-4,9-10H2,1-2H3/b7-5+,8-6+. The van der Waals surface area contributed by atoms with Crippen molar-refractivity contribution in [2.75, 3.05) is 0 Å². The predicted molar refractivity (Wildman–Crippen MR) is 58.2 cm³/mol. The summed E-state index contributed by atoms with van der Waals surface area (Å²) >= 11 is 0. The summed E-state index contributed by atoms with van der Waals surface area (Å²) in [5, 5.41) is 0. The first-order valence-corrected chi connectivity index (χ1v) is 4.46. The van der Waals surface area contributed by atoms with Crippen molar-refractivity contribution in [1.29, 1.82) is 0 Å². The first-order chi connectivity index (χ1) is 6.20. The van der Waals surface area contributed by atoms with Crippen LogP contribution in [-0.4, -0.2) is 0 Å². The molecule has 0 saturated carbocycles. The van der Waals surface area contributed by atoms with Gasteiger partial charge in [-0.05, 0) is 13.8 Å². The normalized spacial score (nSPS) is 10.9. The van der Waals surface area contributed by atoms with E-state index in [2.05, 4.69) is 13.2 Å². The third-order valence-corrected chi connectivity index (χ3v) is 1.45. The van der Waals surface area contributed by atoms with E-state index in [0.29, 0.717) is 0 Å². The van der Waals surface area contributed by atoms with E-state index in [9.17, 15) is 0 Å². The van der Waals surface area contributed by atoms with Crippen molar-refractivity contribution in [3.05, 3.63) is 49.0 Å². The summed E-state index contributed by atoms with van der Waals surface area (Å²) in [5.41, 5.74) is 0. The van der Waals surface area contributed by atoms with E-state index in [1.807, 2.05) is 38.2 Å². The van der Waals surface area contributed by atoms with Gasteiger partial charge in [0, 0.05) is 12.8 Å². The van der Waals surface area contributed by atoms with E-state index < -0.39 is 0 Å². The predicted octanol–water partition coefficient (Wildman–Crippen LogP) is 3.96. The maximum Gasteiger partial charge on any atom is 0.100 e. The second-order valence-electron chi connectivity index (χ2n) is 2.73. The van der Waals surface area contributed by atoms with Gasteiger partial charge in [0.15, 0.2) is 0 Å². The van der Waals surface area contributed by atoms with Gasteiger partial charge in [0.25, 0.3) is 0 Å².